The molecular weight excluding hydrogens is 607 g/mol. The Labute approximate surface area is 252 Å². The molecule has 0 N–H and O–H groups in total. The summed E-state index contributed by atoms with van der Waals surface area (Å²) in [7, 11) is 1.53. The normalized spacial score (nSPS) is 14.1. The predicted molar refractivity (Wildman–Crippen MR) is 150 cm³/mol. The van der Waals surface area contributed by atoms with Gasteiger partial charge in [0, 0.05) is 44.6 Å². The van der Waals surface area contributed by atoms with Crippen molar-refractivity contribution in [2.75, 3.05) is 44.8 Å². The summed E-state index contributed by atoms with van der Waals surface area (Å²) in [5.74, 6) is 0.418. The number of piperazine rings is 1. The molecular formula is C28H27F5N8O4. The van der Waals surface area contributed by atoms with E-state index < -0.39 is 29.4 Å². The van der Waals surface area contributed by atoms with Gasteiger partial charge in [0.15, 0.2) is 0 Å². The zero-order valence-electron chi connectivity index (χ0n) is 23.8. The van der Waals surface area contributed by atoms with Gasteiger partial charge in [0.05, 0.1) is 49.1 Å². The number of carbonyl (C=O) groups excluding carboxylic acids is 1. The molecule has 0 aliphatic carbocycles. The average Bonchev–Trinajstić information content (AvgIpc) is 3.42. The van der Waals surface area contributed by atoms with Gasteiger partial charge in [-0.2, -0.15) is 23.4 Å². The second-order valence-electron chi connectivity index (χ2n) is 9.88. The van der Waals surface area contributed by atoms with Gasteiger partial charge < -0.3 is 19.3 Å². The van der Waals surface area contributed by atoms with Gasteiger partial charge in [-0.15, -0.1) is 0 Å². The zero-order chi connectivity index (χ0) is 32.1. The maximum atomic E-state index is 13.8. The Bertz CT molecular complexity index is 1710. The summed E-state index contributed by atoms with van der Waals surface area (Å²) in [5, 5.41) is 7.83. The van der Waals surface area contributed by atoms with Crippen LogP contribution in [0.15, 0.2) is 60.0 Å². The number of carbonyl (C=O) groups is 1. The molecule has 17 heteroatoms. The second-order valence-corrected chi connectivity index (χ2v) is 9.88. The van der Waals surface area contributed by atoms with Crippen molar-refractivity contribution in [1.29, 1.82) is 0 Å². The van der Waals surface area contributed by atoms with Gasteiger partial charge in [0.2, 0.25) is 11.9 Å². The van der Waals surface area contributed by atoms with E-state index in [1.807, 2.05) is 0 Å². The van der Waals surface area contributed by atoms with Crippen LogP contribution in [0.25, 0.3) is 10.9 Å². The Hall–Kier alpha value is -5.09. The Balaban J connectivity index is 1.15. The third kappa shape index (κ3) is 7.18. The van der Waals surface area contributed by atoms with E-state index in [9.17, 15) is 31.5 Å². The van der Waals surface area contributed by atoms with E-state index >= 15 is 0 Å². The number of fused-ring (bicyclic) bond motifs is 1. The van der Waals surface area contributed by atoms with Gasteiger partial charge in [-0.3, -0.25) is 14.3 Å². The lowest BCUT2D eigenvalue weighted by Crippen LogP contribution is -2.48. The SMILES string of the molecule is COc1ccc(Cn2ncc3c(c(C(F)F)nn3CCO/C=C/C(=O)N3CCN(c4ncc(C(F)(F)F)cn4)CC3)c2=O)cc1. The topological polar surface area (TPSA) is 120 Å². The molecule has 1 aromatic carbocycles. The third-order valence-corrected chi connectivity index (χ3v) is 7.05. The van der Waals surface area contributed by atoms with E-state index in [1.54, 1.807) is 29.2 Å². The maximum absolute atomic E-state index is 13.8. The number of methoxy groups -OCH3 is 1. The summed E-state index contributed by atoms with van der Waals surface area (Å²) in [4.78, 5) is 36.4. The van der Waals surface area contributed by atoms with Crippen molar-refractivity contribution in [3.63, 3.8) is 0 Å². The van der Waals surface area contributed by atoms with Crippen molar-refractivity contribution < 1.29 is 36.2 Å². The highest BCUT2D eigenvalue weighted by atomic mass is 19.4. The number of ether oxygens (including phenoxy) is 2. The molecule has 1 aliphatic heterocycles. The first-order valence-corrected chi connectivity index (χ1v) is 13.6. The molecule has 5 rings (SSSR count). The number of alkyl halides is 5. The van der Waals surface area contributed by atoms with E-state index in [-0.39, 0.29) is 55.5 Å². The highest BCUT2D eigenvalue weighted by molar-refractivity contribution is 5.87. The molecule has 4 aromatic rings. The lowest BCUT2D eigenvalue weighted by Gasteiger charge is -2.34. The summed E-state index contributed by atoms with van der Waals surface area (Å²) in [6.07, 6.45) is -2.41. The monoisotopic (exact) mass is 634 g/mol. The number of halogens is 5. The summed E-state index contributed by atoms with van der Waals surface area (Å²) < 4.78 is 78.7. The van der Waals surface area contributed by atoms with Crippen LogP contribution in [0, 0.1) is 0 Å². The molecule has 238 valence electrons. The fourth-order valence-corrected chi connectivity index (χ4v) is 4.67. The summed E-state index contributed by atoms with van der Waals surface area (Å²) >= 11 is 0. The third-order valence-electron chi connectivity index (χ3n) is 7.05. The minimum absolute atomic E-state index is 0.00281. The van der Waals surface area contributed by atoms with E-state index in [4.69, 9.17) is 9.47 Å². The minimum atomic E-state index is -4.53. The molecule has 0 unspecified atom stereocenters. The van der Waals surface area contributed by atoms with E-state index in [1.165, 1.54) is 35.2 Å². The highest BCUT2D eigenvalue weighted by Gasteiger charge is 2.32. The van der Waals surface area contributed by atoms with Gasteiger partial charge in [-0.05, 0) is 17.7 Å². The Morgan fingerprint density at radius 1 is 1.02 bits per heavy atom. The molecule has 0 bridgehead atoms. The van der Waals surface area contributed by atoms with Crippen LogP contribution in [0.1, 0.15) is 23.2 Å². The molecule has 0 radical (unpaired) electrons. The van der Waals surface area contributed by atoms with E-state index in [0.717, 1.165) is 22.6 Å². The van der Waals surface area contributed by atoms with Crippen molar-refractivity contribution in [2.24, 2.45) is 0 Å². The largest absolute Gasteiger partial charge is 0.499 e. The van der Waals surface area contributed by atoms with Crippen LogP contribution >= 0.6 is 0 Å². The van der Waals surface area contributed by atoms with Crippen LogP contribution in [0.4, 0.5) is 27.9 Å². The molecule has 0 saturated carbocycles. The van der Waals surface area contributed by atoms with Gasteiger partial charge in [0.25, 0.3) is 12.0 Å². The second kappa shape index (κ2) is 13.3. The van der Waals surface area contributed by atoms with Crippen molar-refractivity contribution in [1.82, 2.24) is 34.4 Å². The molecule has 45 heavy (non-hydrogen) atoms. The number of rotatable bonds is 10. The average molecular weight is 635 g/mol. The smallest absolute Gasteiger partial charge is 0.419 e. The van der Waals surface area contributed by atoms with Crippen molar-refractivity contribution in [2.45, 2.75) is 25.7 Å². The number of anilines is 1. The fourth-order valence-electron chi connectivity index (χ4n) is 4.67. The molecule has 12 nitrogen and oxygen atoms in total. The summed E-state index contributed by atoms with van der Waals surface area (Å²) in [6, 6.07) is 6.91. The molecule has 3 aromatic heterocycles. The summed E-state index contributed by atoms with van der Waals surface area (Å²) in [6.45, 7) is 1.22. The van der Waals surface area contributed by atoms with Crippen molar-refractivity contribution in [3.8, 4) is 5.75 Å². The first kappa shape index (κ1) is 31.3. The van der Waals surface area contributed by atoms with Gasteiger partial charge >= 0.3 is 6.18 Å². The molecule has 0 atom stereocenters. The van der Waals surface area contributed by atoms with Crippen LogP contribution in [-0.2, 0) is 28.8 Å². The van der Waals surface area contributed by atoms with Gasteiger partial charge in [-0.1, -0.05) is 12.1 Å². The van der Waals surface area contributed by atoms with E-state index in [2.05, 4.69) is 20.2 Å². The Kier molecular flexibility index (Phi) is 9.24. The van der Waals surface area contributed by atoms with Crippen LogP contribution < -0.4 is 15.2 Å². The fraction of sp³-hybridized carbons (Fsp3) is 0.357. The van der Waals surface area contributed by atoms with Crippen molar-refractivity contribution in [3.05, 3.63) is 82.4 Å². The molecule has 1 amide bonds. The molecule has 1 fully saturated rings. The van der Waals surface area contributed by atoms with Gasteiger partial charge in [-0.25, -0.2) is 23.4 Å². The quantitative estimate of drug-likeness (QED) is 0.112. The first-order valence-electron chi connectivity index (χ1n) is 13.6. The lowest BCUT2D eigenvalue weighted by atomic mass is 10.2. The first-order chi connectivity index (χ1) is 21.5. The molecule has 4 heterocycles. The van der Waals surface area contributed by atoms with Crippen LogP contribution in [0.3, 0.4) is 0 Å². The summed E-state index contributed by atoms with van der Waals surface area (Å²) in [5.41, 5.74) is -1.46. The number of aromatic nitrogens is 6. The number of hydrogen-bond donors (Lipinski definition) is 0. The van der Waals surface area contributed by atoms with Crippen LogP contribution in [0.2, 0.25) is 0 Å². The number of benzene rings is 1. The zero-order valence-corrected chi connectivity index (χ0v) is 23.8. The lowest BCUT2D eigenvalue weighted by molar-refractivity contribution is -0.138. The van der Waals surface area contributed by atoms with Gasteiger partial charge in [0.1, 0.15) is 18.1 Å². The van der Waals surface area contributed by atoms with Crippen molar-refractivity contribution >= 4 is 22.8 Å². The Morgan fingerprint density at radius 3 is 2.33 bits per heavy atom. The highest BCUT2D eigenvalue weighted by Crippen LogP contribution is 2.28. The molecule has 1 aliphatic rings. The number of amides is 1. The standard InChI is InChI=1S/C28H27F5N8O4/c1-44-20-4-2-18(3-5-20)17-41-26(43)23-21(16-36-41)40(37-24(23)25(29)30)11-13-45-12-6-22(42)38-7-9-39(10-8-38)27-34-14-19(15-35-27)28(31,32)33/h2-6,12,14-16,25H,7-11,13,17H2,1H3/b12-6+. The van der Waals surface area contributed by atoms with Crippen LogP contribution in [0.5, 0.6) is 5.75 Å². The number of hydrogen-bond acceptors (Lipinski definition) is 9. The Morgan fingerprint density at radius 2 is 1.71 bits per heavy atom. The minimum Gasteiger partial charge on any atom is -0.499 e. The van der Waals surface area contributed by atoms with Crippen LogP contribution in [-0.4, -0.2) is 80.2 Å². The molecule has 0 spiro atoms. The number of nitrogens with zero attached hydrogens (tertiary/aromatic N) is 8. The maximum Gasteiger partial charge on any atom is 0.419 e. The molecule has 1 saturated heterocycles. The van der Waals surface area contributed by atoms with E-state index in [0.29, 0.717) is 18.8 Å². The predicted octanol–water partition coefficient (Wildman–Crippen LogP) is 3.28.